The fraction of sp³-hybridized carbons (Fsp3) is 0.405. The van der Waals surface area contributed by atoms with Gasteiger partial charge in [-0.2, -0.15) is 0 Å². The Morgan fingerprint density at radius 1 is 0.957 bits per heavy atom. The summed E-state index contributed by atoms with van der Waals surface area (Å²) in [6.45, 7) is 5.31. The first kappa shape index (κ1) is 34.2. The van der Waals surface area contributed by atoms with Gasteiger partial charge < -0.3 is 25.0 Å². The number of fused-ring (bicyclic) bond motifs is 1. The number of piperidine rings is 1. The first-order chi connectivity index (χ1) is 22.3. The third-order valence-corrected chi connectivity index (χ3v) is 8.48. The summed E-state index contributed by atoms with van der Waals surface area (Å²) in [5.41, 5.74) is 3.13. The Labute approximate surface area is 271 Å². The molecule has 1 fully saturated rings. The molecule has 2 aliphatic rings. The minimum atomic E-state index is -0.710. The third-order valence-electron chi connectivity index (χ3n) is 8.48. The van der Waals surface area contributed by atoms with E-state index >= 15 is 0 Å². The zero-order chi connectivity index (χ0) is 32.9. The molecule has 1 aliphatic carbocycles. The van der Waals surface area contributed by atoms with Crippen LogP contribution in [0.3, 0.4) is 0 Å². The maximum atomic E-state index is 13.4. The normalized spacial score (nSPS) is 17.5. The molecular formula is C37H45N3O6. The van der Waals surface area contributed by atoms with Crippen LogP contribution in [0.1, 0.15) is 73.0 Å². The van der Waals surface area contributed by atoms with Crippen LogP contribution in [0.5, 0.6) is 5.75 Å². The molecule has 1 aliphatic heterocycles. The number of likely N-dealkylation sites (tertiary alicyclic amines) is 1. The highest BCUT2D eigenvalue weighted by molar-refractivity contribution is 5.97. The van der Waals surface area contributed by atoms with Gasteiger partial charge in [-0.1, -0.05) is 66.7 Å². The average Bonchev–Trinajstić information content (AvgIpc) is 3.08. The Kier molecular flexibility index (Phi) is 12.3. The Hall–Kier alpha value is -4.66. The number of rotatable bonds is 10. The van der Waals surface area contributed by atoms with E-state index in [9.17, 15) is 19.2 Å². The number of carbonyl (C=O) groups is 4. The largest absolute Gasteiger partial charge is 0.496 e. The number of esters is 1. The van der Waals surface area contributed by atoms with Crippen molar-refractivity contribution in [3.05, 3.63) is 101 Å². The van der Waals surface area contributed by atoms with Crippen LogP contribution in [0.4, 0.5) is 0 Å². The van der Waals surface area contributed by atoms with E-state index in [-0.39, 0.29) is 42.9 Å². The van der Waals surface area contributed by atoms with E-state index < -0.39 is 5.41 Å². The number of methoxy groups -OCH3 is 1. The predicted molar refractivity (Wildman–Crippen MR) is 177 cm³/mol. The molecule has 0 unspecified atom stereocenters. The van der Waals surface area contributed by atoms with E-state index in [4.69, 9.17) is 9.47 Å². The fourth-order valence-corrected chi connectivity index (χ4v) is 6.22. The van der Waals surface area contributed by atoms with Crippen molar-refractivity contribution in [3.8, 4) is 5.75 Å². The Balaban J connectivity index is 0.000000222. The van der Waals surface area contributed by atoms with Crippen molar-refractivity contribution in [3.63, 3.8) is 0 Å². The van der Waals surface area contributed by atoms with Crippen LogP contribution in [-0.4, -0.2) is 68.0 Å². The number of benzene rings is 3. The van der Waals surface area contributed by atoms with Crippen LogP contribution >= 0.6 is 0 Å². The number of aryl methyl sites for hydroxylation is 1. The van der Waals surface area contributed by atoms with Gasteiger partial charge in [-0.3, -0.25) is 19.2 Å². The van der Waals surface area contributed by atoms with Crippen molar-refractivity contribution in [1.29, 1.82) is 0 Å². The van der Waals surface area contributed by atoms with Crippen LogP contribution in [0.15, 0.2) is 78.9 Å². The van der Waals surface area contributed by atoms with Gasteiger partial charge in [0.15, 0.2) is 0 Å². The Bertz CT molecular complexity index is 1470. The molecule has 3 aromatic carbocycles. The zero-order valence-corrected chi connectivity index (χ0v) is 27.0. The molecule has 2 N–H and O–H groups in total. The summed E-state index contributed by atoms with van der Waals surface area (Å²) in [4.78, 5) is 49.7. The van der Waals surface area contributed by atoms with Crippen molar-refractivity contribution in [2.45, 2.75) is 69.9 Å². The first-order valence-corrected chi connectivity index (χ1v) is 16.0. The summed E-state index contributed by atoms with van der Waals surface area (Å²) in [5, 5.41) is 5.99. The minimum absolute atomic E-state index is 0.0433. The number of nitrogens with one attached hydrogen (secondary N) is 2. The number of carbonyl (C=O) groups excluding carboxylic acids is 4. The van der Waals surface area contributed by atoms with Crippen molar-refractivity contribution >= 4 is 24.2 Å². The molecular weight excluding hydrogens is 582 g/mol. The van der Waals surface area contributed by atoms with Gasteiger partial charge in [0.05, 0.1) is 30.6 Å². The summed E-state index contributed by atoms with van der Waals surface area (Å²) in [7, 11) is 1.55. The van der Waals surface area contributed by atoms with Gasteiger partial charge in [0.1, 0.15) is 5.75 Å². The van der Waals surface area contributed by atoms with Crippen molar-refractivity contribution in [2.75, 3.05) is 26.7 Å². The molecule has 1 atom stereocenters. The summed E-state index contributed by atoms with van der Waals surface area (Å²) >= 11 is 0. The van der Waals surface area contributed by atoms with E-state index in [2.05, 4.69) is 22.8 Å². The molecule has 1 saturated heterocycles. The van der Waals surface area contributed by atoms with E-state index in [1.54, 1.807) is 24.1 Å². The van der Waals surface area contributed by atoms with E-state index in [1.807, 2.05) is 68.4 Å². The standard InChI is InChI=1S/C23H27NO3.C14H18N2O3/c1-17(2)27-21(25)14-16-24-22(26)23(19-11-4-3-5-12-19)15-8-10-18-9-6-7-13-20(18)23;1-19-13-5-3-2-4-12(13)14(18)15-11-6-8-16(10-17)9-7-11/h3-7,9,11-13,17H,8,10,14-16H2,1-2H3,(H,24,26);2-5,10-11H,6-9H2,1H3,(H,15,18)/t23-;/m0./s1. The maximum Gasteiger partial charge on any atom is 0.307 e. The second kappa shape index (κ2) is 16.6. The fourth-order valence-electron chi connectivity index (χ4n) is 6.22. The number of ether oxygens (including phenoxy) is 2. The molecule has 0 radical (unpaired) electrons. The van der Waals surface area contributed by atoms with Crippen LogP contribution in [-0.2, 0) is 31.0 Å². The zero-order valence-electron chi connectivity index (χ0n) is 27.0. The van der Waals surface area contributed by atoms with Gasteiger partial charge in [-0.25, -0.2) is 0 Å². The number of amides is 3. The number of nitrogens with zero attached hydrogens (tertiary/aromatic N) is 1. The van der Waals surface area contributed by atoms with Crippen LogP contribution in [0.25, 0.3) is 0 Å². The van der Waals surface area contributed by atoms with Gasteiger partial charge in [0.2, 0.25) is 12.3 Å². The molecule has 0 saturated carbocycles. The molecule has 46 heavy (non-hydrogen) atoms. The molecule has 9 heteroatoms. The summed E-state index contributed by atoms with van der Waals surface area (Å²) in [5.74, 6) is 0.119. The second-order valence-corrected chi connectivity index (χ2v) is 11.9. The molecule has 3 amide bonds. The predicted octanol–water partition coefficient (Wildman–Crippen LogP) is 4.81. The maximum absolute atomic E-state index is 13.4. The molecule has 244 valence electrons. The smallest absolute Gasteiger partial charge is 0.307 e. The van der Waals surface area contributed by atoms with Gasteiger partial charge in [0, 0.05) is 25.7 Å². The SMILES string of the molecule is CC(C)OC(=O)CCNC(=O)[C@]1(c2ccccc2)CCCc2ccccc21.COc1ccccc1C(=O)NC1CCN(C=O)CC1. The Morgan fingerprint density at radius 3 is 2.33 bits per heavy atom. The lowest BCUT2D eigenvalue weighted by Crippen LogP contribution is -2.48. The number of hydrogen-bond donors (Lipinski definition) is 2. The van der Waals surface area contributed by atoms with Gasteiger partial charge in [0.25, 0.3) is 5.91 Å². The minimum Gasteiger partial charge on any atom is -0.496 e. The number of hydrogen-bond acceptors (Lipinski definition) is 6. The molecule has 0 spiro atoms. The summed E-state index contributed by atoms with van der Waals surface area (Å²) in [6, 6.07) is 25.4. The quantitative estimate of drug-likeness (QED) is 0.246. The topological polar surface area (TPSA) is 114 Å². The first-order valence-electron chi connectivity index (χ1n) is 16.0. The molecule has 0 aromatic heterocycles. The highest BCUT2D eigenvalue weighted by Gasteiger charge is 2.44. The van der Waals surface area contributed by atoms with Crippen molar-refractivity contribution in [1.82, 2.24) is 15.5 Å². The lowest BCUT2D eigenvalue weighted by atomic mass is 9.65. The molecule has 9 nitrogen and oxygen atoms in total. The second-order valence-electron chi connectivity index (χ2n) is 11.9. The summed E-state index contributed by atoms with van der Waals surface area (Å²) in [6.07, 6.45) is 5.17. The molecule has 5 rings (SSSR count). The molecule has 1 heterocycles. The average molecular weight is 628 g/mol. The van der Waals surface area contributed by atoms with Crippen LogP contribution < -0.4 is 15.4 Å². The molecule has 0 bridgehead atoms. The number of para-hydroxylation sites is 1. The van der Waals surface area contributed by atoms with Gasteiger partial charge in [-0.15, -0.1) is 0 Å². The Morgan fingerprint density at radius 2 is 1.63 bits per heavy atom. The van der Waals surface area contributed by atoms with Crippen molar-refractivity contribution in [2.24, 2.45) is 0 Å². The highest BCUT2D eigenvalue weighted by Crippen LogP contribution is 2.43. The molecule has 3 aromatic rings. The van der Waals surface area contributed by atoms with E-state index in [0.29, 0.717) is 24.4 Å². The van der Waals surface area contributed by atoms with Gasteiger partial charge >= 0.3 is 5.97 Å². The van der Waals surface area contributed by atoms with Crippen LogP contribution in [0, 0.1) is 0 Å². The lowest BCUT2D eigenvalue weighted by molar-refractivity contribution is -0.147. The monoisotopic (exact) mass is 627 g/mol. The third kappa shape index (κ3) is 8.53. The van der Waals surface area contributed by atoms with Gasteiger partial charge in [-0.05, 0) is 74.8 Å². The lowest BCUT2D eigenvalue weighted by Gasteiger charge is -2.38. The van der Waals surface area contributed by atoms with E-state index in [0.717, 1.165) is 49.6 Å². The van der Waals surface area contributed by atoms with Crippen LogP contribution in [0.2, 0.25) is 0 Å². The summed E-state index contributed by atoms with van der Waals surface area (Å²) < 4.78 is 10.3. The van der Waals surface area contributed by atoms with E-state index in [1.165, 1.54) is 5.56 Å². The highest BCUT2D eigenvalue weighted by atomic mass is 16.5. The van der Waals surface area contributed by atoms with Crippen molar-refractivity contribution < 1.29 is 28.7 Å².